The van der Waals surface area contributed by atoms with Crippen LogP contribution in [0.2, 0.25) is 0 Å². The molecule has 8 heteroatoms. The summed E-state index contributed by atoms with van der Waals surface area (Å²) in [5.41, 5.74) is 0.885. The fraction of sp³-hybridized carbons (Fsp3) is 0.556. The second-order valence-electron chi connectivity index (χ2n) is 7.17. The number of anilines is 1. The Hall–Kier alpha value is -2.48. The summed E-state index contributed by atoms with van der Waals surface area (Å²) in [7, 11) is 1.91. The minimum atomic E-state index is 0.371. The zero-order valence-corrected chi connectivity index (χ0v) is 15.8. The van der Waals surface area contributed by atoms with E-state index in [1.54, 1.807) is 4.68 Å². The van der Waals surface area contributed by atoms with Gasteiger partial charge in [0.15, 0.2) is 5.65 Å². The fourth-order valence-corrected chi connectivity index (χ4v) is 3.33. The quantitative estimate of drug-likeness (QED) is 0.709. The van der Waals surface area contributed by atoms with Crippen LogP contribution in [-0.2, 0) is 13.6 Å². The number of hydrogen-bond acceptors (Lipinski definition) is 7. The second-order valence-corrected chi connectivity index (χ2v) is 7.17. The molecule has 0 radical (unpaired) electrons. The molecule has 0 bridgehead atoms. The molecule has 0 amide bonds. The molecule has 8 nitrogen and oxygen atoms in total. The van der Waals surface area contributed by atoms with Crippen LogP contribution in [0.5, 0.6) is 0 Å². The lowest BCUT2D eigenvalue weighted by molar-refractivity contribution is 0.223. The molecular weight excluding hydrogens is 330 g/mol. The van der Waals surface area contributed by atoms with Crippen molar-refractivity contribution < 1.29 is 4.42 Å². The van der Waals surface area contributed by atoms with E-state index >= 15 is 0 Å². The van der Waals surface area contributed by atoms with E-state index in [1.807, 2.05) is 26.4 Å². The molecule has 0 aromatic carbocycles. The van der Waals surface area contributed by atoms with Gasteiger partial charge in [-0.1, -0.05) is 13.8 Å². The van der Waals surface area contributed by atoms with E-state index < -0.39 is 0 Å². The van der Waals surface area contributed by atoms with Gasteiger partial charge in [-0.2, -0.15) is 5.10 Å². The number of aromatic nitrogens is 5. The lowest BCUT2D eigenvalue weighted by Crippen LogP contribution is -2.46. The molecule has 4 heterocycles. The number of hydrogen-bond donors (Lipinski definition) is 0. The molecule has 1 fully saturated rings. The van der Waals surface area contributed by atoms with Crippen LogP contribution >= 0.6 is 0 Å². The standard InChI is InChI=1S/C18H25N7O/c1-12(2)15-10-19-16(26-15)11-24-5-7-25(8-6-24)18-14-9-20-23(4)17(14)21-13(3)22-18/h9-10,12H,5-8,11H2,1-4H3. The number of rotatable bonds is 4. The van der Waals surface area contributed by atoms with E-state index in [4.69, 9.17) is 4.42 Å². The van der Waals surface area contributed by atoms with Crippen molar-refractivity contribution in [3.05, 3.63) is 29.9 Å². The first kappa shape index (κ1) is 17.0. The molecule has 1 saturated heterocycles. The van der Waals surface area contributed by atoms with Crippen LogP contribution in [0.4, 0.5) is 5.82 Å². The van der Waals surface area contributed by atoms with Crippen LogP contribution in [0.25, 0.3) is 11.0 Å². The zero-order valence-electron chi connectivity index (χ0n) is 15.8. The van der Waals surface area contributed by atoms with Gasteiger partial charge in [-0.25, -0.2) is 15.0 Å². The number of piperazine rings is 1. The highest BCUT2D eigenvalue weighted by molar-refractivity contribution is 5.87. The van der Waals surface area contributed by atoms with Crippen LogP contribution in [-0.4, -0.2) is 55.8 Å². The van der Waals surface area contributed by atoms with Gasteiger partial charge in [0, 0.05) is 39.1 Å². The number of aryl methyl sites for hydroxylation is 2. The predicted molar refractivity (Wildman–Crippen MR) is 99.1 cm³/mol. The summed E-state index contributed by atoms with van der Waals surface area (Å²) in [6, 6.07) is 0. The smallest absolute Gasteiger partial charge is 0.208 e. The molecule has 1 aliphatic heterocycles. The van der Waals surface area contributed by atoms with Crippen LogP contribution in [0, 0.1) is 6.92 Å². The third-order valence-corrected chi connectivity index (χ3v) is 4.85. The first-order valence-corrected chi connectivity index (χ1v) is 9.09. The van der Waals surface area contributed by atoms with E-state index in [0.29, 0.717) is 5.92 Å². The van der Waals surface area contributed by atoms with E-state index in [9.17, 15) is 0 Å². The Bertz CT molecular complexity index is 906. The Morgan fingerprint density at radius 3 is 2.58 bits per heavy atom. The highest BCUT2D eigenvalue weighted by Gasteiger charge is 2.22. The Balaban J connectivity index is 1.45. The Morgan fingerprint density at radius 2 is 1.88 bits per heavy atom. The molecular formula is C18H25N7O. The van der Waals surface area contributed by atoms with E-state index in [-0.39, 0.29) is 0 Å². The maximum Gasteiger partial charge on any atom is 0.208 e. The minimum Gasteiger partial charge on any atom is -0.444 e. The summed E-state index contributed by atoms with van der Waals surface area (Å²) < 4.78 is 7.64. The van der Waals surface area contributed by atoms with E-state index in [1.165, 1.54) is 0 Å². The SMILES string of the molecule is Cc1nc(N2CCN(Cc3ncc(C(C)C)o3)CC2)c2cnn(C)c2n1. The molecule has 0 aliphatic carbocycles. The highest BCUT2D eigenvalue weighted by atomic mass is 16.4. The van der Waals surface area contributed by atoms with Crippen molar-refractivity contribution in [1.29, 1.82) is 0 Å². The first-order chi connectivity index (χ1) is 12.5. The molecule has 4 rings (SSSR count). The van der Waals surface area contributed by atoms with Gasteiger partial charge in [0.25, 0.3) is 0 Å². The van der Waals surface area contributed by atoms with Gasteiger partial charge in [0.05, 0.1) is 24.3 Å². The van der Waals surface area contributed by atoms with Crippen molar-refractivity contribution in [1.82, 2.24) is 29.6 Å². The lowest BCUT2D eigenvalue weighted by Gasteiger charge is -2.35. The van der Waals surface area contributed by atoms with Gasteiger partial charge in [0.2, 0.25) is 5.89 Å². The summed E-state index contributed by atoms with van der Waals surface area (Å²) in [5.74, 6) is 3.89. The third-order valence-electron chi connectivity index (χ3n) is 4.85. The van der Waals surface area contributed by atoms with Crippen LogP contribution in [0.3, 0.4) is 0 Å². The fourth-order valence-electron chi connectivity index (χ4n) is 3.33. The molecule has 3 aromatic heterocycles. The van der Waals surface area contributed by atoms with Crippen LogP contribution in [0.1, 0.15) is 37.2 Å². The number of fused-ring (bicyclic) bond motifs is 1. The monoisotopic (exact) mass is 355 g/mol. The molecule has 26 heavy (non-hydrogen) atoms. The third kappa shape index (κ3) is 3.16. The first-order valence-electron chi connectivity index (χ1n) is 9.09. The lowest BCUT2D eigenvalue weighted by atomic mass is 10.2. The average molecular weight is 355 g/mol. The molecule has 138 valence electrons. The summed E-state index contributed by atoms with van der Waals surface area (Å²) >= 11 is 0. The molecule has 0 saturated carbocycles. The zero-order chi connectivity index (χ0) is 18.3. The normalized spacial score (nSPS) is 16.1. The summed E-state index contributed by atoms with van der Waals surface area (Å²) in [5, 5.41) is 5.35. The topological polar surface area (TPSA) is 76.1 Å². The van der Waals surface area contributed by atoms with Gasteiger partial charge < -0.3 is 9.32 Å². The number of oxazole rings is 1. The molecule has 0 unspecified atom stereocenters. The Kier molecular flexibility index (Phi) is 4.36. The van der Waals surface area contributed by atoms with Crippen molar-refractivity contribution in [2.45, 2.75) is 33.2 Å². The largest absolute Gasteiger partial charge is 0.444 e. The molecule has 3 aromatic rings. The highest BCUT2D eigenvalue weighted by Crippen LogP contribution is 2.25. The maximum absolute atomic E-state index is 5.84. The van der Waals surface area contributed by atoms with Crippen molar-refractivity contribution in [2.75, 3.05) is 31.1 Å². The predicted octanol–water partition coefficient (Wildman–Crippen LogP) is 2.11. The molecule has 0 atom stereocenters. The number of nitrogens with zero attached hydrogens (tertiary/aromatic N) is 7. The molecule has 0 spiro atoms. The second kappa shape index (κ2) is 6.68. The maximum atomic E-state index is 5.84. The summed E-state index contributed by atoms with van der Waals surface area (Å²) in [6.07, 6.45) is 3.70. The van der Waals surface area contributed by atoms with E-state index in [2.05, 4.69) is 43.7 Å². The van der Waals surface area contributed by atoms with Gasteiger partial charge in [-0.05, 0) is 6.92 Å². The molecule has 1 aliphatic rings. The van der Waals surface area contributed by atoms with Crippen LogP contribution < -0.4 is 4.90 Å². The van der Waals surface area contributed by atoms with Crippen molar-refractivity contribution in [3.63, 3.8) is 0 Å². The van der Waals surface area contributed by atoms with Gasteiger partial charge in [-0.15, -0.1) is 0 Å². The Morgan fingerprint density at radius 1 is 1.12 bits per heavy atom. The summed E-state index contributed by atoms with van der Waals surface area (Å²) in [4.78, 5) is 18.3. The average Bonchev–Trinajstić information content (AvgIpc) is 3.23. The van der Waals surface area contributed by atoms with Crippen LogP contribution in [0.15, 0.2) is 16.8 Å². The van der Waals surface area contributed by atoms with Crippen molar-refractivity contribution in [3.8, 4) is 0 Å². The van der Waals surface area contributed by atoms with Crippen molar-refractivity contribution >= 4 is 16.9 Å². The Labute approximate surface area is 152 Å². The molecule has 0 N–H and O–H groups in total. The van der Waals surface area contributed by atoms with Crippen molar-refractivity contribution in [2.24, 2.45) is 7.05 Å². The van der Waals surface area contributed by atoms with Gasteiger partial charge in [-0.3, -0.25) is 9.58 Å². The van der Waals surface area contributed by atoms with Gasteiger partial charge >= 0.3 is 0 Å². The summed E-state index contributed by atoms with van der Waals surface area (Å²) in [6.45, 7) is 10.6. The van der Waals surface area contributed by atoms with Gasteiger partial charge in [0.1, 0.15) is 17.4 Å². The minimum absolute atomic E-state index is 0.371. The van der Waals surface area contributed by atoms with E-state index in [0.717, 1.165) is 67.1 Å².